The van der Waals surface area contributed by atoms with Gasteiger partial charge in [0.2, 0.25) is 0 Å². The second-order valence-electron chi connectivity index (χ2n) is 9.10. The number of aromatic nitrogens is 1. The lowest BCUT2D eigenvalue weighted by atomic mass is 9.86. The Bertz CT molecular complexity index is 1050. The lowest BCUT2D eigenvalue weighted by molar-refractivity contribution is 0.214. The molecule has 0 saturated carbocycles. The van der Waals surface area contributed by atoms with Crippen molar-refractivity contribution in [2.24, 2.45) is 5.92 Å². The topological polar surface area (TPSA) is 52.3 Å². The molecule has 0 bridgehead atoms. The molecule has 3 N–H and O–H groups in total. The van der Waals surface area contributed by atoms with E-state index in [1.54, 1.807) is 11.9 Å². The number of nitrogens with zero attached hydrogens (tertiary/aromatic N) is 1. The van der Waals surface area contributed by atoms with Crippen molar-refractivity contribution in [1.82, 2.24) is 19.9 Å². The Hall–Kier alpha value is -1.70. The Labute approximate surface area is 205 Å². The summed E-state index contributed by atoms with van der Waals surface area (Å²) in [6.45, 7) is 7.41. The lowest BCUT2D eigenvalue weighted by Crippen LogP contribution is -2.43. The zero-order chi connectivity index (χ0) is 22.5. The van der Waals surface area contributed by atoms with E-state index in [0.717, 1.165) is 75.9 Å². The van der Waals surface area contributed by atoms with Crippen LogP contribution in [-0.4, -0.2) is 55.8 Å². The van der Waals surface area contributed by atoms with E-state index < -0.39 is 0 Å². The molecule has 1 atom stereocenters. The first kappa shape index (κ1) is 23.1. The summed E-state index contributed by atoms with van der Waals surface area (Å²) < 4.78 is 9.53. The van der Waals surface area contributed by atoms with Gasteiger partial charge >= 0.3 is 0 Å². The summed E-state index contributed by atoms with van der Waals surface area (Å²) in [6.07, 6.45) is 4.49. The lowest BCUT2D eigenvalue weighted by Gasteiger charge is -2.26. The summed E-state index contributed by atoms with van der Waals surface area (Å²) in [5, 5.41) is 5.50. The Morgan fingerprint density at radius 1 is 1.12 bits per heavy atom. The number of hydrogen-bond acceptors (Lipinski definition) is 5. The van der Waals surface area contributed by atoms with Crippen molar-refractivity contribution in [2.45, 2.75) is 30.6 Å². The van der Waals surface area contributed by atoms with E-state index in [9.17, 15) is 0 Å². The average Bonchev–Trinajstić information content (AvgIpc) is 3.21. The van der Waals surface area contributed by atoms with Gasteiger partial charge in [0, 0.05) is 65.8 Å². The molecule has 0 radical (unpaired) electrons. The number of H-pyrrole nitrogens is 1. The minimum Gasteiger partial charge on any atom is -0.494 e. The van der Waals surface area contributed by atoms with E-state index in [4.69, 9.17) is 16.3 Å². The summed E-state index contributed by atoms with van der Waals surface area (Å²) in [5.41, 5.74) is 4.05. The predicted octanol–water partition coefficient (Wildman–Crippen LogP) is 4.90. The van der Waals surface area contributed by atoms with Crippen LogP contribution in [0.3, 0.4) is 0 Å². The molecule has 7 heteroatoms. The Morgan fingerprint density at radius 3 is 2.82 bits per heavy atom. The Morgan fingerprint density at radius 2 is 1.97 bits per heavy atom. The molecule has 0 amide bonds. The van der Waals surface area contributed by atoms with Crippen molar-refractivity contribution >= 4 is 34.5 Å². The van der Waals surface area contributed by atoms with Crippen LogP contribution in [0.25, 0.3) is 10.9 Å². The summed E-state index contributed by atoms with van der Waals surface area (Å²) in [7, 11) is 0. The van der Waals surface area contributed by atoms with Crippen LogP contribution >= 0.6 is 23.5 Å². The fourth-order valence-corrected chi connectivity index (χ4v) is 5.83. The van der Waals surface area contributed by atoms with Crippen LogP contribution in [0.5, 0.6) is 5.75 Å². The number of piperazine rings is 1. The van der Waals surface area contributed by atoms with Crippen molar-refractivity contribution in [1.29, 1.82) is 0 Å². The van der Waals surface area contributed by atoms with Crippen molar-refractivity contribution in [2.75, 3.05) is 45.9 Å². The van der Waals surface area contributed by atoms with Crippen LogP contribution in [0.15, 0.2) is 47.4 Å². The van der Waals surface area contributed by atoms with E-state index >= 15 is 0 Å². The first-order chi connectivity index (χ1) is 16.2. The molecule has 3 aromatic rings. The van der Waals surface area contributed by atoms with Gasteiger partial charge < -0.3 is 19.9 Å². The van der Waals surface area contributed by atoms with Gasteiger partial charge in [0.05, 0.1) is 6.61 Å². The summed E-state index contributed by atoms with van der Waals surface area (Å²) in [4.78, 5) is 7.31. The molecule has 176 valence electrons. The van der Waals surface area contributed by atoms with Crippen molar-refractivity contribution < 1.29 is 4.74 Å². The molecule has 1 aliphatic heterocycles. The van der Waals surface area contributed by atoms with Crippen molar-refractivity contribution in [3.63, 3.8) is 0 Å². The van der Waals surface area contributed by atoms with Gasteiger partial charge in [0.1, 0.15) is 5.75 Å². The summed E-state index contributed by atoms with van der Waals surface area (Å²) in [6, 6.07) is 14.6. The largest absolute Gasteiger partial charge is 0.494 e. The molecule has 1 saturated heterocycles. The highest BCUT2D eigenvalue weighted by molar-refractivity contribution is 7.97. The smallest absolute Gasteiger partial charge is 0.119 e. The Balaban J connectivity index is 1.04. The van der Waals surface area contributed by atoms with Gasteiger partial charge in [-0.25, -0.2) is 0 Å². The van der Waals surface area contributed by atoms with Crippen LogP contribution in [0.2, 0.25) is 5.02 Å². The molecular formula is C26H33ClN4OS. The van der Waals surface area contributed by atoms with Crippen LogP contribution in [0.4, 0.5) is 0 Å². The van der Waals surface area contributed by atoms with Crippen molar-refractivity contribution in [3.05, 3.63) is 58.7 Å². The normalized spacial score (nSPS) is 19.0. The number of nitrogens with one attached hydrogen (secondary N) is 3. The third-order valence-corrected chi connectivity index (χ3v) is 7.79. The highest BCUT2D eigenvalue weighted by Gasteiger charge is 2.22. The minimum absolute atomic E-state index is 0.640. The third kappa shape index (κ3) is 6.06. The van der Waals surface area contributed by atoms with E-state index in [0.29, 0.717) is 5.92 Å². The highest BCUT2D eigenvalue weighted by atomic mass is 35.5. The van der Waals surface area contributed by atoms with Gasteiger partial charge in [-0.1, -0.05) is 11.6 Å². The first-order valence-electron chi connectivity index (χ1n) is 12.1. The van der Waals surface area contributed by atoms with Gasteiger partial charge in [-0.2, -0.15) is 0 Å². The van der Waals surface area contributed by atoms with Crippen LogP contribution in [-0.2, 0) is 12.8 Å². The standard InChI is InChI=1S/C26H33ClN4OS/c27-20-3-9-26-24(17-20)23-16-19(2-8-25(23)30-26)18-29-33-22-6-4-21(5-7-22)32-15-1-12-31-13-10-28-11-14-31/h3-7,9,17,19,28-30H,1-2,8,10-16,18H2. The van der Waals surface area contributed by atoms with E-state index in [-0.39, 0.29) is 0 Å². The van der Waals surface area contributed by atoms with Crippen molar-refractivity contribution in [3.8, 4) is 5.75 Å². The maximum atomic E-state index is 6.24. The number of ether oxygens (including phenoxy) is 1. The number of benzene rings is 2. The van der Waals surface area contributed by atoms with Gasteiger partial charge in [0.15, 0.2) is 0 Å². The van der Waals surface area contributed by atoms with Crippen LogP contribution < -0.4 is 14.8 Å². The molecular weight excluding hydrogens is 452 g/mol. The zero-order valence-corrected chi connectivity index (χ0v) is 20.6. The fourth-order valence-electron chi connectivity index (χ4n) is 4.90. The molecule has 33 heavy (non-hydrogen) atoms. The molecule has 5 rings (SSSR count). The number of fused-ring (bicyclic) bond motifs is 3. The maximum Gasteiger partial charge on any atom is 0.119 e. The molecule has 5 nitrogen and oxygen atoms in total. The van der Waals surface area contributed by atoms with E-state index in [2.05, 4.69) is 56.3 Å². The quantitative estimate of drug-likeness (QED) is 0.298. The van der Waals surface area contributed by atoms with Gasteiger partial charge in [0.25, 0.3) is 0 Å². The van der Waals surface area contributed by atoms with E-state index in [1.807, 2.05) is 6.07 Å². The van der Waals surface area contributed by atoms with Gasteiger partial charge in [-0.15, -0.1) is 0 Å². The summed E-state index contributed by atoms with van der Waals surface area (Å²) in [5.74, 6) is 1.60. The molecule has 2 aromatic carbocycles. The zero-order valence-electron chi connectivity index (χ0n) is 19.0. The molecule has 1 unspecified atom stereocenters. The Kier molecular flexibility index (Phi) is 7.79. The minimum atomic E-state index is 0.640. The molecule has 1 aliphatic carbocycles. The second kappa shape index (κ2) is 11.2. The number of rotatable bonds is 9. The molecule has 2 heterocycles. The number of aryl methyl sites for hydroxylation is 1. The number of halogens is 1. The van der Waals surface area contributed by atoms with Gasteiger partial charge in [-0.05, 0) is 91.6 Å². The van der Waals surface area contributed by atoms with E-state index in [1.165, 1.54) is 33.5 Å². The SMILES string of the molecule is Clc1ccc2[nH]c3c(c2c1)CC(CNSc1ccc(OCCCN2CCNCC2)cc1)CC3. The third-order valence-electron chi connectivity index (χ3n) is 6.73. The van der Waals surface area contributed by atoms with Crippen LogP contribution in [0, 0.1) is 5.92 Å². The average molecular weight is 485 g/mol. The number of aromatic amines is 1. The molecule has 1 fully saturated rings. The molecule has 1 aromatic heterocycles. The highest BCUT2D eigenvalue weighted by Crippen LogP contribution is 2.33. The fraction of sp³-hybridized carbons (Fsp3) is 0.462. The predicted molar refractivity (Wildman–Crippen MR) is 139 cm³/mol. The van der Waals surface area contributed by atoms with Gasteiger partial charge in [-0.3, -0.25) is 4.72 Å². The number of hydrogen-bond donors (Lipinski definition) is 3. The van der Waals surface area contributed by atoms with Crippen LogP contribution in [0.1, 0.15) is 24.1 Å². The maximum absolute atomic E-state index is 6.24. The molecule has 0 spiro atoms. The monoisotopic (exact) mass is 484 g/mol. The molecule has 2 aliphatic rings. The summed E-state index contributed by atoms with van der Waals surface area (Å²) >= 11 is 7.95. The second-order valence-corrected chi connectivity index (χ2v) is 10.5. The first-order valence-corrected chi connectivity index (χ1v) is 13.3.